The topological polar surface area (TPSA) is 38.1 Å². The summed E-state index contributed by atoms with van der Waals surface area (Å²) in [6.45, 7) is 3.88. The van der Waals surface area contributed by atoms with Gasteiger partial charge >= 0.3 is 0 Å². The van der Waals surface area contributed by atoms with E-state index in [0.29, 0.717) is 0 Å². The SMILES string of the molecule is CCNCc1cncc(-c2cc3ccccc3o2)c1. The number of pyridine rings is 1. The molecular weight excluding hydrogens is 236 g/mol. The molecular formula is C16H16N2O. The molecule has 0 fully saturated rings. The zero-order valence-electron chi connectivity index (χ0n) is 10.9. The zero-order chi connectivity index (χ0) is 13.1. The summed E-state index contributed by atoms with van der Waals surface area (Å²) in [6.07, 6.45) is 3.72. The van der Waals surface area contributed by atoms with Gasteiger partial charge in [-0.3, -0.25) is 4.98 Å². The van der Waals surface area contributed by atoms with Crippen molar-refractivity contribution in [3.63, 3.8) is 0 Å². The highest BCUT2D eigenvalue weighted by atomic mass is 16.3. The van der Waals surface area contributed by atoms with Crippen LogP contribution in [0.3, 0.4) is 0 Å². The van der Waals surface area contributed by atoms with Crippen molar-refractivity contribution in [1.29, 1.82) is 0 Å². The highest BCUT2D eigenvalue weighted by molar-refractivity contribution is 5.82. The largest absolute Gasteiger partial charge is 0.456 e. The molecule has 96 valence electrons. The van der Waals surface area contributed by atoms with Gasteiger partial charge in [0, 0.05) is 29.9 Å². The quantitative estimate of drug-likeness (QED) is 0.771. The number of para-hydroxylation sites is 1. The van der Waals surface area contributed by atoms with Crippen LogP contribution in [0.5, 0.6) is 0 Å². The zero-order valence-corrected chi connectivity index (χ0v) is 10.9. The number of aromatic nitrogens is 1. The first kappa shape index (κ1) is 11.9. The molecule has 0 radical (unpaired) electrons. The second kappa shape index (κ2) is 5.24. The van der Waals surface area contributed by atoms with Crippen molar-refractivity contribution in [3.05, 3.63) is 54.4 Å². The van der Waals surface area contributed by atoms with Gasteiger partial charge in [0.1, 0.15) is 11.3 Å². The average Bonchev–Trinajstić information content (AvgIpc) is 2.89. The smallest absolute Gasteiger partial charge is 0.136 e. The van der Waals surface area contributed by atoms with Crippen molar-refractivity contribution >= 4 is 11.0 Å². The Hall–Kier alpha value is -2.13. The molecule has 3 nitrogen and oxygen atoms in total. The Bertz CT molecular complexity index is 655. The van der Waals surface area contributed by atoms with Crippen molar-refractivity contribution in [2.75, 3.05) is 6.54 Å². The van der Waals surface area contributed by atoms with Crippen LogP contribution in [-0.4, -0.2) is 11.5 Å². The summed E-state index contributed by atoms with van der Waals surface area (Å²) in [5.74, 6) is 0.868. The molecule has 1 N–H and O–H groups in total. The lowest BCUT2D eigenvalue weighted by molar-refractivity contribution is 0.630. The minimum atomic E-state index is 0.831. The van der Waals surface area contributed by atoms with Crippen molar-refractivity contribution in [2.45, 2.75) is 13.5 Å². The number of hydrogen-bond acceptors (Lipinski definition) is 3. The molecule has 3 heteroatoms. The van der Waals surface area contributed by atoms with Crippen molar-refractivity contribution in [3.8, 4) is 11.3 Å². The minimum Gasteiger partial charge on any atom is -0.456 e. The highest BCUT2D eigenvalue weighted by Gasteiger charge is 2.06. The van der Waals surface area contributed by atoms with Crippen molar-refractivity contribution in [2.24, 2.45) is 0 Å². The predicted octanol–water partition coefficient (Wildman–Crippen LogP) is 3.60. The fourth-order valence-electron chi connectivity index (χ4n) is 2.11. The number of nitrogens with one attached hydrogen (secondary N) is 1. The second-order valence-corrected chi connectivity index (χ2v) is 4.51. The lowest BCUT2D eigenvalue weighted by Crippen LogP contribution is -2.11. The summed E-state index contributed by atoms with van der Waals surface area (Å²) in [6, 6.07) is 12.2. The third-order valence-electron chi connectivity index (χ3n) is 3.08. The maximum Gasteiger partial charge on any atom is 0.136 e. The number of rotatable bonds is 4. The second-order valence-electron chi connectivity index (χ2n) is 4.51. The fourth-order valence-corrected chi connectivity index (χ4v) is 2.11. The molecule has 19 heavy (non-hydrogen) atoms. The average molecular weight is 252 g/mol. The van der Waals surface area contributed by atoms with Crippen LogP contribution in [0.1, 0.15) is 12.5 Å². The van der Waals surface area contributed by atoms with Gasteiger partial charge in [-0.15, -0.1) is 0 Å². The third-order valence-corrected chi connectivity index (χ3v) is 3.08. The Kier molecular flexibility index (Phi) is 3.29. The molecule has 0 aliphatic rings. The molecule has 0 aliphatic carbocycles. The molecule has 2 heterocycles. The number of hydrogen-bond donors (Lipinski definition) is 1. The Morgan fingerprint density at radius 1 is 1.16 bits per heavy atom. The molecule has 1 aromatic carbocycles. The van der Waals surface area contributed by atoms with Crippen LogP contribution in [0.4, 0.5) is 0 Å². The first-order valence-electron chi connectivity index (χ1n) is 6.50. The molecule has 2 aromatic heterocycles. The minimum absolute atomic E-state index is 0.831. The van der Waals surface area contributed by atoms with Crippen molar-refractivity contribution < 1.29 is 4.42 Å². The van der Waals surface area contributed by atoms with E-state index >= 15 is 0 Å². The van der Waals surface area contributed by atoms with Gasteiger partial charge in [-0.1, -0.05) is 25.1 Å². The Labute approximate surface area is 112 Å². The number of furan rings is 1. The number of fused-ring (bicyclic) bond motifs is 1. The monoisotopic (exact) mass is 252 g/mol. The van der Waals surface area contributed by atoms with Crippen molar-refractivity contribution in [1.82, 2.24) is 10.3 Å². The maximum absolute atomic E-state index is 5.85. The Morgan fingerprint density at radius 2 is 2.05 bits per heavy atom. The molecule has 0 bridgehead atoms. The third kappa shape index (κ3) is 2.51. The first-order chi connectivity index (χ1) is 9.36. The molecule has 3 aromatic rings. The van der Waals surface area contributed by atoms with Crippen LogP contribution in [-0.2, 0) is 6.54 Å². The standard InChI is InChI=1S/C16H16N2O/c1-2-17-9-12-7-14(11-18-10-12)16-8-13-5-3-4-6-15(13)19-16/h3-8,10-11,17H,2,9H2,1H3. The number of benzene rings is 1. The van der Waals surface area contributed by atoms with E-state index in [1.165, 1.54) is 5.56 Å². The van der Waals surface area contributed by atoms with Gasteiger partial charge in [0.2, 0.25) is 0 Å². The van der Waals surface area contributed by atoms with E-state index in [1.54, 1.807) is 0 Å². The van der Waals surface area contributed by atoms with Gasteiger partial charge in [-0.25, -0.2) is 0 Å². The Morgan fingerprint density at radius 3 is 2.89 bits per heavy atom. The molecule has 0 saturated heterocycles. The molecule has 0 amide bonds. The van der Waals surface area contributed by atoms with E-state index in [4.69, 9.17) is 4.42 Å². The van der Waals surface area contributed by atoms with E-state index < -0.39 is 0 Å². The van der Waals surface area contributed by atoms with Crippen LogP contribution in [0.2, 0.25) is 0 Å². The van der Waals surface area contributed by atoms with E-state index in [9.17, 15) is 0 Å². The maximum atomic E-state index is 5.85. The van der Waals surface area contributed by atoms with Crippen LogP contribution in [0, 0.1) is 0 Å². The molecule has 0 saturated carbocycles. The molecule has 0 atom stereocenters. The lowest BCUT2D eigenvalue weighted by Gasteiger charge is -2.03. The van der Waals surface area contributed by atoms with Crippen LogP contribution in [0.15, 0.2) is 53.2 Å². The van der Waals surface area contributed by atoms with Gasteiger partial charge in [0.25, 0.3) is 0 Å². The fraction of sp³-hybridized carbons (Fsp3) is 0.188. The molecule has 0 spiro atoms. The summed E-state index contributed by atoms with van der Waals surface area (Å²) in [5.41, 5.74) is 3.10. The highest BCUT2D eigenvalue weighted by Crippen LogP contribution is 2.27. The summed E-state index contributed by atoms with van der Waals surface area (Å²) in [4.78, 5) is 4.28. The summed E-state index contributed by atoms with van der Waals surface area (Å²) in [5, 5.41) is 4.42. The van der Waals surface area contributed by atoms with Gasteiger partial charge < -0.3 is 9.73 Å². The van der Waals surface area contributed by atoms with E-state index in [-0.39, 0.29) is 0 Å². The molecule has 3 rings (SSSR count). The molecule has 0 aliphatic heterocycles. The van der Waals surface area contributed by atoms with E-state index in [0.717, 1.165) is 35.4 Å². The van der Waals surface area contributed by atoms with Gasteiger partial charge in [-0.2, -0.15) is 0 Å². The normalized spacial score (nSPS) is 11.0. The van der Waals surface area contributed by atoms with Gasteiger partial charge in [-0.05, 0) is 30.3 Å². The molecule has 0 unspecified atom stereocenters. The van der Waals surface area contributed by atoms with Crippen LogP contribution < -0.4 is 5.32 Å². The van der Waals surface area contributed by atoms with E-state index in [2.05, 4.69) is 35.4 Å². The van der Waals surface area contributed by atoms with Gasteiger partial charge in [0.15, 0.2) is 0 Å². The summed E-state index contributed by atoms with van der Waals surface area (Å²) >= 11 is 0. The van der Waals surface area contributed by atoms with Crippen LogP contribution >= 0.6 is 0 Å². The van der Waals surface area contributed by atoms with E-state index in [1.807, 2.05) is 30.6 Å². The first-order valence-corrected chi connectivity index (χ1v) is 6.50. The summed E-state index contributed by atoms with van der Waals surface area (Å²) < 4.78 is 5.85. The predicted molar refractivity (Wildman–Crippen MR) is 76.8 cm³/mol. The Balaban J connectivity index is 1.96. The van der Waals surface area contributed by atoms with Crippen LogP contribution in [0.25, 0.3) is 22.3 Å². The van der Waals surface area contributed by atoms with Gasteiger partial charge in [0.05, 0.1) is 0 Å². The summed E-state index contributed by atoms with van der Waals surface area (Å²) in [7, 11) is 0. The lowest BCUT2D eigenvalue weighted by atomic mass is 10.1. The number of nitrogens with zero attached hydrogens (tertiary/aromatic N) is 1.